The Morgan fingerprint density at radius 2 is 2.10 bits per heavy atom. The van der Waals surface area contributed by atoms with Gasteiger partial charge in [0.25, 0.3) is 0 Å². The summed E-state index contributed by atoms with van der Waals surface area (Å²) in [6, 6.07) is 8.49. The van der Waals surface area contributed by atoms with Crippen LogP contribution in [0.25, 0.3) is 0 Å². The maximum Gasteiger partial charge on any atom is 0.175 e. The highest BCUT2D eigenvalue weighted by Crippen LogP contribution is 2.17. The molecule has 0 aliphatic carbocycles. The predicted molar refractivity (Wildman–Crippen MR) is 77.3 cm³/mol. The second kappa shape index (κ2) is 7.27. The van der Waals surface area contributed by atoms with E-state index in [1.165, 1.54) is 12.1 Å². The molecular formula is C14H20N2O3S. The lowest BCUT2D eigenvalue weighted by Crippen LogP contribution is -2.34. The maximum absolute atomic E-state index is 11.4. The smallest absolute Gasteiger partial charge is 0.175 e. The first-order valence-electron chi connectivity index (χ1n) is 6.41. The molecule has 0 amide bonds. The van der Waals surface area contributed by atoms with E-state index in [-0.39, 0.29) is 17.0 Å². The fraction of sp³-hybridized carbons (Fsp3) is 0.500. The molecule has 1 atom stereocenters. The second-order valence-corrected chi connectivity index (χ2v) is 6.90. The minimum Gasteiger partial charge on any atom is -0.493 e. The van der Waals surface area contributed by atoms with Crippen LogP contribution >= 0.6 is 0 Å². The number of hydrogen-bond acceptors (Lipinski definition) is 5. The van der Waals surface area contributed by atoms with Crippen LogP contribution in [0.3, 0.4) is 0 Å². The molecule has 0 aliphatic rings. The summed E-state index contributed by atoms with van der Waals surface area (Å²) in [5, 5.41) is 12.1. The molecule has 1 aromatic carbocycles. The summed E-state index contributed by atoms with van der Waals surface area (Å²) in [5.41, 5.74) is 0. The first kappa shape index (κ1) is 16.5. The number of nitrogens with zero attached hydrogens (tertiary/aromatic N) is 1. The number of benzene rings is 1. The van der Waals surface area contributed by atoms with Crippen LogP contribution in [0.2, 0.25) is 0 Å². The van der Waals surface area contributed by atoms with Crippen molar-refractivity contribution in [3.05, 3.63) is 24.3 Å². The molecule has 0 saturated heterocycles. The highest BCUT2D eigenvalue weighted by molar-refractivity contribution is 7.90. The molecule has 0 aromatic heterocycles. The lowest BCUT2D eigenvalue weighted by atomic mass is 10.2. The van der Waals surface area contributed by atoms with E-state index >= 15 is 0 Å². The number of sulfone groups is 1. The quantitative estimate of drug-likeness (QED) is 0.829. The maximum atomic E-state index is 11.4. The third-order valence-electron chi connectivity index (χ3n) is 2.60. The lowest BCUT2D eigenvalue weighted by molar-refractivity contribution is 0.294. The minimum atomic E-state index is -3.23. The van der Waals surface area contributed by atoms with Crippen molar-refractivity contribution in [1.82, 2.24) is 5.32 Å². The van der Waals surface area contributed by atoms with Crippen molar-refractivity contribution < 1.29 is 13.2 Å². The van der Waals surface area contributed by atoms with Crippen molar-refractivity contribution in [2.45, 2.75) is 37.2 Å². The molecule has 1 unspecified atom stereocenters. The van der Waals surface area contributed by atoms with Crippen LogP contribution in [0.4, 0.5) is 0 Å². The Balaban J connectivity index is 2.57. The van der Waals surface area contributed by atoms with Crippen molar-refractivity contribution in [2.24, 2.45) is 0 Å². The molecule has 20 heavy (non-hydrogen) atoms. The SMILES string of the molecule is CC(C)NC(C#N)CCOc1cccc(S(C)(=O)=O)c1. The van der Waals surface area contributed by atoms with Gasteiger partial charge in [-0.05, 0) is 32.0 Å². The van der Waals surface area contributed by atoms with E-state index in [4.69, 9.17) is 10.00 Å². The van der Waals surface area contributed by atoms with Crippen molar-refractivity contribution >= 4 is 9.84 Å². The standard InChI is InChI=1S/C14H20N2O3S/c1-11(2)16-12(10-15)7-8-19-13-5-4-6-14(9-13)20(3,17)18/h4-6,9,11-12,16H,7-8H2,1-3H3. The molecule has 110 valence electrons. The van der Waals surface area contributed by atoms with Crippen molar-refractivity contribution in [2.75, 3.05) is 12.9 Å². The van der Waals surface area contributed by atoms with E-state index in [0.29, 0.717) is 18.8 Å². The summed E-state index contributed by atoms with van der Waals surface area (Å²) in [6.45, 7) is 4.30. The van der Waals surface area contributed by atoms with Crippen LogP contribution < -0.4 is 10.1 Å². The average Bonchev–Trinajstić information content (AvgIpc) is 2.36. The van der Waals surface area contributed by atoms with Gasteiger partial charge in [-0.1, -0.05) is 6.07 Å². The summed E-state index contributed by atoms with van der Waals surface area (Å²) in [6.07, 6.45) is 1.70. The summed E-state index contributed by atoms with van der Waals surface area (Å²) < 4.78 is 28.4. The normalized spacial score (nSPS) is 12.9. The molecule has 0 bridgehead atoms. The summed E-state index contributed by atoms with van der Waals surface area (Å²) >= 11 is 0. The fourth-order valence-corrected chi connectivity index (χ4v) is 2.33. The molecule has 1 N–H and O–H groups in total. The van der Waals surface area contributed by atoms with Crippen LogP contribution in [0, 0.1) is 11.3 Å². The minimum absolute atomic E-state index is 0.229. The molecule has 0 spiro atoms. The van der Waals surface area contributed by atoms with E-state index in [1.54, 1.807) is 12.1 Å². The van der Waals surface area contributed by atoms with Gasteiger partial charge in [-0.3, -0.25) is 5.32 Å². The molecule has 1 rings (SSSR count). The number of nitriles is 1. The van der Waals surface area contributed by atoms with E-state index in [1.807, 2.05) is 13.8 Å². The predicted octanol–water partition coefficient (Wildman–Crippen LogP) is 1.75. The highest BCUT2D eigenvalue weighted by atomic mass is 32.2. The zero-order valence-electron chi connectivity index (χ0n) is 12.0. The van der Waals surface area contributed by atoms with Gasteiger partial charge in [0.2, 0.25) is 0 Å². The first-order chi connectivity index (χ1) is 9.32. The fourth-order valence-electron chi connectivity index (χ4n) is 1.68. The third-order valence-corrected chi connectivity index (χ3v) is 3.71. The molecule has 0 saturated carbocycles. The third kappa shape index (κ3) is 5.59. The van der Waals surface area contributed by atoms with E-state index < -0.39 is 9.84 Å². The lowest BCUT2D eigenvalue weighted by Gasteiger charge is -2.15. The largest absolute Gasteiger partial charge is 0.493 e. The van der Waals surface area contributed by atoms with Crippen molar-refractivity contribution in [3.8, 4) is 11.8 Å². The van der Waals surface area contributed by atoms with Gasteiger partial charge in [0.05, 0.1) is 23.6 Å². The Hall–Kier alpha value is -1.58. The number of nitrogens with one attached hydrogen (secondary N) is 1. The molecule has 0 fully saturated rings. The summed E-state index contributed by atoms with van der Waals surface area (Å²) in [7, 11) is -3.23. The van der Waals surface area contributed by atoms with Crippen LogP contribution in [0.15, 0.2) is 29.2 Å². The topological polar surface area (TPSA) is 79.2 Å². The molecule has 5 nitrogen and oxygen atoms in total. The molecular weight excluding hydrogens is 276 g/mol. The van der Waals surface area contributed by atoms with Gasteiger partial charge in [0, 0.05) is 18.7 Å². The average molecular weight is 296 g/mol. The Bertz CT molecular complexity index is 576. The van der Waals surface area contributed by atoms with Crippen LogP contribution in [0.5, 0.6) is 5.75 Å². The first-order valence-corrected chi connectivity index (χ1v) is 8.30. The van der Waals surface area contributed by atoms with Crippen molar-refractivity contribution in [3.63, 3.8) is 0 Å². The van der Waals surface area contributed by atoms with Gasteiger partial charge in [-0.15, -0.1) is 0 Å². The van der Waals surface area contributed by atoms with Crippen LogP contribution in [-0.2, 0) is 9.84 Å². The van der Waals surface area contributed by atoms with E-state index in [2.05, 4.69) is 11.4 Å². The molecule has 1 aromatic rings. The van der Waals surface area contributed by atoms with Gasteiger partial charge in [0.1, 0.15) is 5.75 Å². The Morgan fingerprint density at radius 3 is 2.65 bits per heavy atom. The van der Waals surface area contributed by atoms with E-state index in [0.717, 1.165) is 6.26 Å². The second-order valence-electron chi connectivity index (χ2n) is 4.89. The van der Waals surface area contributed by atoms with Gasteiger partial charge in [-0.2, -0.15) is 5.26 Å². The molecule has 0 radical (unpaired) electrons. The monoisotopic (exact) mass is 296 g/mol. The van der Waals surface area contributed by atoms with Crippen LogP contribution in [-0.4, -0.2) is 33.4 Å². The zero-order chi connectivity index (χ0) is 15.2. The van der Waals surface area contributed by atoms with Gasteiger partial charge < -0.3 is 4.74 Å². The Morgan fingerprint density at radius 1 is 1.40 bits per heavy atom. The van der Waals surface area contributed by atoms with Gasteiger partial charge in [0.15, 0.2) is 9.84 Å². The molecule has 0 heterocycles. The van der Waals surface area contributed by atoms with E-state index in [9.17, 15) is 8.42 Å². The highest BCUT2D eigenvalue weighted by Gasteiger charge is 2.10. The van der Waals surface area contributed by atoms with Gasteiger partial charge in [-0.25, -0.2) is 8.42 Å². The zero-order valence-corrected chi connectivity index (χ0v) is 12.8. The Labute approximate surface area is 120 Å². The number of ether oxygens (including phenoxy) is 1. The van der Waals surface area contributed by atoms with Gasteiger partial charge >= 0.3 is 0 Å². The molecule has 6 heteroatoms. The number of rotatable bonds is 7. The summed E-state index contributed by atoms with van der Waals surface area (Å²) in [4.78, 5) is 0.229. The Kier molecular flexibility index (Phi) is 5.99. The van der Waals surface area contributed by atoms with Crippen molar-refractivity contribution in [1.29, 1.82) is 5.26 Å². The molecule has 0 aliphatic heterocycles. The summed E-state index contributed by atoms with van der Waals surface area (Å²) in [5.74, 6) is 0.495. The van der Waals surface area contributed by atoms with Crippen LogP contribution in [0.1, 0.15) is 20.3 Å². The number of hydrogen-bond donors (Lipinski definition) is 1.